The topological polar surface area (TPSA) is 63.8 Å². The molecule has 1 aromatic heterocycles. The van der Waals surface area contributed by atoms with Gasteiger partial charge in [-0.2, -0.15) is 0 Å². The van der Waals surface area contributed by atoms with E-state index in [-0.39, 0.29) is 5.92 Å². The van der Waals surface area contributed by atoms with Crippen LogP contribution >= 0.6 is 15.9 Å². The Balaban J connectivity index is 2.34. The predicted octanol–water partition coefficient (Wildman–Crippen LogP) is 3.69. The summed E-state index contributed by atoms with van der Waals surface area (Å²) in [4.78, 5) is 8.30. The largest absolute Gasteiger partial charge is 0.383 e. The molecular weight excluding hydrogens is 292 g/mol. The number of nitrogens with one attached hydrogen (secondary N) is 1. The summed E-state index contributed by atoms with van der Waals surface area (Å²) in [6.45, 7) is 4.14. The van der Waals surface area contributed by atoms with Gasteiger partial charge < -0.3 is 11.1 Å². The monoisotopic (exact) mass is 306 g/mol. The molecule has 0 aliphatic rings. The number of hydrogen-bond acceptors (Lipinski definition) is 4. The summed E-state index contributed by atoms with van der Waals surface area (Å²) >= 11 is 3.41. The van der Waals surface area contributed by atoms with E-state index in [1.165, 1.54) is 6.33 Å². The van der Waals surface area contributed by atoms with Crippen molar-refractivity contribution in [3.05, 3.63) is 40.6 Å². The lowest BCUT2D eigenvalue weighted by Gasteiger charge is -2.14. The van der Waals surface area contributed by atoms with Crippen LogP contribution in [0.4, 0.5) is 17.3 Å². The first-order valence-corrected chi connectivity index (χ1v) is 6.50. The van der Waals surface area contributed by atoms with Gasteiger partial charge in [0.25, 0.3) is 0 Å². The van der Waals surface area contributed by atoms with Gasteiger partial charge in [0.15, 0.2) is 0 Å². The average Bonchev–Trinajstić information content (AvgIpc) is 2.32. The van der Waals surface area contributed by atoms with Crippen LogP contribution in [0.15, 0.2) is 35.1 Å². The van der Waals surface area contributed by atoms with Crippen molar-refractivity contribution < 1.29 is 0 Å². The van der Waals surface area contributed by atoms with Crippen LogP contribution in [0.25, 0.3) is 0 Å². The molecule has 94 valence electrons. The van der Waals surface area contributed by atoms with Crippen molar-refractivity contribution in [2.45, 2.75) is 19.8 Å². The summed E-state index contributed by atoms with van der Waals surface area (Å²) in [5.74, 6) is 1.56. The second-order valence-corrected chi connectivity index (χ2v) is 5.22. The van der Waals surface area contributed by atoms with Gasteiger partial charge in [0.2, 0.25) is 0 Å². The lowest BCUT2D eigenvalue weighted by atomic mass is 10.0. The van der Waals surface area contributed by atoms with Crippen LogP contribution in [0.3, 0.4) is 0 Å². The number of nitrogens with zero attached hydrogens (tertiary/aromatic N) is 2. The maximum atomic E-state index is 5.90. The van der Waals surface area contributed by atoms with Crippen molar-refractivity contribution >= 4 is 33.3 Å². The van der Waals surface area contributed by atoms with Gasteiger partial charge in [-0.05, 0) is 30.2 Å². The smallest absolute Gasteiger partial charge is 0.139 e. The van der Waals surface area contributed by atoms with Gasteiger partial charge in [-0.1, -0.05) is 29.8 Å². The molecule has 0 spiro atoms. The number of benzene rings is 1. The van der Waals surface area contributed by atoms with E-state index in [1.807, 2.05) is 24.3 Å². The standard InChI is InChI=1S/C13H15BrN4/c1-8(2)11-12(15)16-7-17-13(11)18-10-5-3-9(14)4-6-10/h3-8H,1-2H3,(H3,15,16,17,18). The third-order valence-corrected chi connectivity index (χ3v) is 3.13. The average molecular weight is 307 g/mol. The number of halogens is 1. The molecule has 1 heterocycles. The van der Waals surface area contributed by atoms with Gasteiger partial charge >= 0.3 is 0 Å². The summed E-state index contributed by atoms with van der Waals surface area (Å²) in [6.07, 6.45) is 1.47. The molecule has 0 radical (unpaired) electrons. The SMILES string of the molecule is CC(C)c1c(N)ncnc1Nc1ccc(Br)cc1. The Morgan fingerprint density at radius 2 is 1.83 bits per heavy atom. The number of nitrogen functional groups attached to an aromatic ring is 1. The highest BCUT2D eigenvalue weighted by Gasteiger charge is 2.12. The first-order chi connectivity index (χ1) is 8.58. The molecule has 0 atom stereocenters. The molecule has 0 bridgehead atoms. The van der Waals surface area contributed by atoms with Crippen LogP contribution in [0.5, 0.6) is 0 Å². The van der Waals surface area contributed by atoms with Crippen LogP contribution < -0.4 is 11.1 Å². The Morgan fingerprint density at radius 3 is 2.44 bits per heavy atom. The molecular formula is C13H15BrN4. The zero-order chi connectivity index (χ0) is 13.1. The number of anilines is 3. The van der Waals surface area contributed by atoms with Gasteiger partial charge in [-0.3, -0.25) is 0 Å². The molecule has 2 rings (SSSR count). The van der Waals surface area contributed by atoms with Gasteiger partial charge in [-0.25, -0.2) is 9.97 Å². The fraction of sp³-hybridized carbons (Fsp3) is 0.231. The number of aromatic nitrogens is 2. The second kappa shape index (κ2) is 5.35. The molecule has 0 saturated carbocycles. The van der Waals surface area contributed by atoms with Crippen molar-refractivity contribution in [2.24, 2.45) is 0 Å². The van der Waals surface area contributed by atoms with Crippen molar-refractivity contribution in [3.8, 4) is 0 Å². The first-order valence-electron chi connectivity index (χ1n) is 5.71. The maximum absolute atomic E-state index is 5.90. The van der Waals surface area contributed by atoms with Crippen molar-refractivity contribution in [1.82, 2.24) is 9.97 Å². The van der Waals surface area contributed by atoms with E-state index in [1.54, 1.807) is 0 Å². The Hall–Kier alpha value is -1.62. The van der Waals surface area contributed by atoms with E-state index in [4.69, 9.17) is 5.73 Å². The Morgan fingerprint density at radius 1 is 1.17 bits per heavy atom. The van der Waals surface area contributed by atoms with Crippen LogP contribution in [-0.2, 0) is 0 Å². The molecule has 0 saturated heterocycles. The lowest BCUT2D eigenvalue weighted by molar-refractivity contribution is 0.855. The molecule has 0 aliphatic carbocycles. The van der Waals surface area contributed by atoms with Gasteiger partial charge in [0.1, 0.15) is 18.0 Å². The normalized spacial score (nSPS) is 10.7. The van der Waals surface area contributed by atoms with Crippen molar-refractivity contribution in [2.75, 3.05) is 11.1 Å². The fourth-order valence-corrected chi connectivity index (χ4v) is 2.01. The highest BCUT2D eigenvalue weighted by atomic mass is 79.9. The van der Waals surface area contributed by atoms with Gasteiger partial charge in [0.05, 0.1) is 0 Å². The van der Waals surface area contributed by atoms with Crippen molar-refractivity contribution in [1.29, 1.82) is 0 Å². The minimum absolute atomic E-state index is 0.268. The minimum atomic E-state index is 0.268. The Labute approximate surface area is 115 Å². The van der Waals surface area contributed by atoms with E-state index in [9.17, 15) is 0 Å². The first kappa shape index (κ1) is 12.8. The fourth-order valence-electron chi connectivity index (χ4n) is 1.75. The number of hydrogen-bond donors (Lipinski definition) is 2. The zero-order valence-electron chi connectivity index (χ0n) is 10.3. The van der Waals surface area contributed by atoms with E-state index in [0.29, 0.717) is 5.82 Å². The summed E-state index contributed by atoms with van der Waals surface area (Å²) in [5.41, 5.74) is 7.82. The highest BCUT2D eigenvalue weighted by Crippen LogP contribution is 2.28. The minimum Gasteiger partial charge on any atom is -0.383 e. The summed E-state index contributed by atoms with van der Waals surface area (Å²) < 4.78 is 1.04. The van der Waals surface area contributed by atoms with Crippen LogP contribution in [0.2, 0.25) is 0 Å². The van der Waals surface area contributed by atoms with E-state index in [0.717, 1.165) is 21.5 Å². The number of rotatable bonds is 3. The predicted molar refractivity (Wildman–Crippen MR) is 78.0 cm³/mol. The quantitative estimate of drug-likeness (QED) is 0.908. The van der Waals surface area contributed by atoms with Crippen LogP contribution in [0, 0.1) is 0 Å². The second-order valence-electron chi connectivity index (χ2n) is 4.31. The molecule has 4 nitrogen and oxygen atoms in total. The molecule has 0 aliphatic heterocycles. The Kier molecular flexibility index (Phi) is 3.81. The molecule has 0 unspecified atom stereocenters. The maximum Gasteiger partial charge on any atom is 0.139 e. The summed E-state index contributed by atoms with van der Waals surface area (Å²) in [7, 11) is 0. The van der Waals surface area contributed by atoms with Crippen LogP contribution in [0.1, 0.15) is 25.3 Å². The molecule has 0 amide bonds. The third kappa shape index (κ3) is 2.79. The van der Waals surface area contributed by atoms with Gasteiger partial charge in [-0.15, -0.1) is 0 Å². The lowest BCUT2D eigenvalue weighted by Crippen LogP contribution is -2.06. The van der Waals surface area contributed by atoms with Crippen LogP contribution in [-0.4, -0.2) is 9.97 Å². The summed E-state index contributed by atoms with van der Waals surface area (Å²) in [5, 5.41) is 3.27. The van der Waals surface area contributed by atoms with E-state index in [2.05, 4.69) is 45.1 Å². The van der Waals surface area contributed by atoms with E-state index < -0.39 is 0 Å². The molecule has 3 N–H and O–H groups in total. The third-order valence-electron chi connectivity index (χ3n) is 2.60. The Bertz CT molecular complexity index is 537. The molecule has 2 aromatic rings. The van der Waals surface area contributed by atoms with Gasteiger partial charge in [0, 0.05) is 15.7 Å². The number of nitrogens with two attached hydrogens (primary N) is 1. The van der Waals surface area contributed by atoms with Crippen molar-refractivity contribution in [3.63, 3.8) is 0 Å². The zero-order valence-corrected chi connectivity index (χ0v) is 11.9. The highest BCUT2D eigenvalue weighted by molar-refractivity contribution is 9.10. The molecule has 5 heteroatoms. The van der Waals surface area contributed by atoms with E-state index >= 15 is 0 Å². The molecule has 18 heavy (non-hydrogen) atoms. The molecule has 1 aromatic carbocycles. The summed E-state index contributed by atoms with van der Waals surface area (Å²) in [6, 6.07) is 7.91. The molecule has 0 fully saturated rings.